The third-order valence-electron chi connectivity index (χ3n) is 2.70. The molecule has 0 aromatic heterocycles. The first kappa shape index (κ1) is 12.9. The van der Waals surface area contributed by atoms with E-state index in [0.717, 1.165) is 43.4 Å². The second-order valence-corrected chi connectivity index (χ2v) is 4.25. The first-order valence-electron chi connectivity index (χ1n) is 6.04. The largest absolute Gasteiger partial charge is 0.330 e. The number of nitrogens with two attached hydrogens (primary N) is 1. The van der Waals surface area contributed by atoms with Crippen molar-refractivity contribution >= 4 is 5.78 Å². The quantitative estimate of drug-likeness (QED) is 0.565. The van der Waals surface area contributed by atoms with Crippen molar-refractivity contribution in [1.29, 1.82) is 0 Å². The van der Waals surface area contributed by atoms with E-state index in [4.69, 9.17) is 5.73 Å². The molecular weight excluding hydrogens is 198 g/mol. The molecule has 1 rings (SSSR count). The maximum absolute atomic E-state index is 11.8. The molecule has 0 fully saturated rings. The number of benzene rings is 1. The van der Waals surface area contributed by atoms with E-state index in [-0.39, 0.29) is 5.78 Å². The lowest BCUT2D eigenvalue weighted by atomic mass is 10.0. The number of hydrogen-bond acceptors (Lipinski definition) is 2. The Morgan fingerprint density at radius 1 is 1.19 bits per heavy atom. The normalized spacial score (nSPS) is 10.4. The van der Waals surface area contributed by atoms with Crippen LogP contribution in [0, 0.1) is 6.92 Å². The second-order valence-electron chi connectivity index (χ2n) is 4.25. The van der Waals surface area contributed by atoms with Gasteiger partial charge in [-0.3, -0.25) is 4.79 Å². The average molecular weight is 219 g/mol. The highest BCUT2D eigenvalue weighted by atomic mass is 16.1. The Labute approximate surface area is 97.9 Å². The van der Waals surface area contributed by atoms with Crippen LogP contribution in [0.5, 0.6) is 0 Å². The summed E-state index contributed by atoms with van der Waals surface area (Å²) in [5.74, 6) is 0.261. The van der Waals surface area contributed by atoms with Crippen molar-refractivity contribution in [3.63, 3.8) is 0 Å². The van der Waals surface area contributed by atoms with Gasteiger partial charge in [0.25, 0.3) is 0 Å². The van der Waals surface area contributed by atoms with Crippen LogP contribution in [0.4, 0.5) is 0 Å². The molecule has 0 aliphatic carbocycles. The van der Waals surface area contributed by atoms with Crippen LogP contribution in [0.25, 0.3) is 0 Å². The van der Waals surface area contributed by atoms with Gasteiger partial charge in [0.05, 0.1) is 0 Å². The van der Waals surface area contributed by atoms with Crippen molar-refractivity contribution in [3.8, 4) is 0 Å². The summed E-state index contributed by atoms with van der Waals surface area (Å²) in [5, 5.41) is 0. The van der Waals surface area contributed by atoms with E-state index in [1.54, 1.807) is 0 Å². The van der Waals surface area contributed by atoms with Crippen LogP contribution in [-0.4, -0.2) is 12.3 Å². The molecule has 16 heavy (non-hydrogen) atoms. The minimum atomic E-state index is 0.261. The van der Waals surface area contributed by atoms with Crippen LogP contribution in [0.3, 0.4) is 0 Å². The Kier molecular flexibility index (Phi) is 5.79. The SMILES string of the molecule is Cc1cccc(C(=O)CCCCCCN)c1. The molecule has 88 valence electrons. The molecule has 0 atom stereocenters. The van der Waals surface area contributed by atoms with E-state index < -0.39 is 0 Å². The first-order valence-corrected chi connectivity index (χ1v) is 6.04. The molecule has 1 aromatic rings. The summed E-state index contributed by atoms with van der Waals surface area (Å²) in [4.78, 5) is 11.8. The predicted molar refractivity (Wildman–Crippen MR) is 67.6 cm³/mol. The van der Waals surface area contributed by atoms with E-state index >= 15 is 0 Å². The zero-order valence-electron chi connectivity index (χ0n) is 10.0. The number of rotatable bonds is 7. The minimum absolute atomic E-state index is 0.261. The van der Waals surface area contributed by atoms with E-state index in [2.05, 4.69) is 0 Å². The first-order chi connectivity index (χ1) is 7.74. The Bertz CT molecular complexity index is 333. The Hall–Kier alpha value is -1.15. The third-order valence-corrected chi connectivity index (χ3v) is 2.70. The van der Waals surface area contributed by atoms with Gasteiger partial charge in [0.2, 0.25) is 0 Å². The second kappa shape index (κ2) is 7.18. The van der Waals surface area contributed by atoms with Crippen molar-refractivity contribution in [1.82, 2.24) is 0 Å². The van der Waals surface area contributed by atoms with E-state index in [1.807, 2.05) is 31.2 Å². The van der Waals surface area contributed by atoms with E-state index in [1.165, 1.54) is 0 Å². The zero-order valence-corrected chi connectivity index (χ0v) is 10.0. The molecule has 2 heteroatoms. The van der Waals surface area contributed by atoms with Gasteiger partial charge in [-0.15, -0.1) is 0 Å². The molecule has 0 radical (unpaired) electrons. The van der Waals surface area contributed by atoms with Crippen molar-refractivity contribution in [2.75, 3.05) is 6.54 Å². The lowest BCUT2D eigenvalue weighted by molar-refractivity contribution is 0.0979. The maximum atomic E-state index is 11.8. The van der Waals surface area contributed by atoms with Gasteiger partial charge < -0.3 is 5.73 Å². The number of hydrogen-bond donors (Lipinski definition) is 1. The van der Waals surface area contributed by atoms with E-state index in [0.29, 0.717) is 6.42 Å². The van der Waals surface area contributed by atoms with Crippen molar-refractivity contribution in [2.24, 2.45) is 5.73 Å². The average Bonchev–Trinajstić information content (AvgIpc) is 2.28. The summed E-state index contributed by atoms with van der Waals surface area (Å²) in [6.07, 6.45) is 4.95. The molecule has 0 saturated heterocycles. The third kappa shape index (κ3) is 4.58. The van der Waals surface area contributed by atoms with Crippen LogP contribution in [0.2, 0.25) is 0 Å². The lowest BCUT2D eigenvalue weighted by Crippen LogP contribution is -2.00. The van der Waals surface area contributed by atoms with Crippen LogP contribution >= 0.6 is 0 Å². The molecule has 2 nitrogen and oxygen atoms in total. The predicted octanol–water partition coefficient (Wildman–Crippen LogP) is 3.09. The molecular formula is C14H21NO. The number of carbonyl (C=O) groups excluding carboxylic acids is 1. The molecule has 2 N–H and O–H groups in total. The summed E-state index contributed by atoms with van der Waals surface area (Å²) in [5.41, 5.74) is 7.40. The number of carbonyl (C=O) groups is 1. The van der Waals surface area contributed by atoms with Gasteiger partial charge >= 0.3 is 0 Å². The van der Waals surface area contributed by atoms with Crippen LogP contribution in [0.1, 0.15) is 48.0 Å². The Balaban J connectivity index is 2.30. The molecule has 0 aliphatic rings. The molecule has 0 bridgehead atoms. The smallest absolute Gasteiger partial charge is 0.162 e. The fraction of sp³-hybridized carbons (Fsp3) is 0.500. The topological polar surface area (TPSA) is 43.1 Å². The summed E-state index contributed by atoms with van der Waals surface area (Å²) < 4.78 is 0. The summed E-state index contributed by atoms with van der Waals surface area (Å²) >= 11 is 0. The van der Waals surface area contributed by atoms with E-state index in [9.17, 15) is 4.79 Å². The highest BCUT2D eigenvalue weighted by Gasteiger charge is 2.04. The Morgan fingerprint density at radius 2 is 1.94 bits per heavy atom. The molecule has 0 heterocycles. The summed E-state index contributed by atoms with van der Waals surface area (Å²) in [6.45, 7) is 2.77. The van der Waals surface area contributed by atoms with Crippen LogP contribution < -0.4 is 5.73 Å². The maximum Gasteiger partial charge on any atom is 0.162 e. The summed E-state index contributed by atoms with van der Waals surface area (Å²) in [7, 11) is 0. The standard InChI is InChI=1S/C14H21NO/c1-12-7-6-8-13(11-12)14(16)9-4-2-3-5-10-15/h6-8,11H,2-5,9-10,15H2,1H3. The van der Waals surface area contributed by atoms with Gasteiger partial charge in [-0.25, -0.2) is 0 Å². The zero-order chi connectivity index (χ0) is 11.8. The van der Waals surface area contributed by atoms with Crippen molar-refractivity contribution in [3.05, 3.63) is 35.4 Å². The summed E-state index contributed by atoms with van der Waals surface area (Å²) in [6, 6.07) is 7.81. The van der Waals surface area contributed by atoms with Crippen molar-refractivity contribution in [2.45, 2.75) is 39.0 Å². The number of aryl methyl sites for hydroxylation is 1. The molecule has 1 aromatic carbocycles. The van der Waals surface area contributed by atoms with Crippen LogP contribution in [-0.2, 0) is 0 Å². The van der Waals surface area contributed by atoms with Crippen molar-refractivity contribution < 1.29 is 4.79 Å². The lowest BCUT2D eigenvalue weighted by Gasteiger charge is -2.02. The number of Topliss-reactive ketones (excluding diaryl/α,β-unsaturated/α-hetero) is 1. The fourth-order valence-electron chi connectivity index (χ4n) is 1.75. The number of unbranched alkanes of at least 4 members (excludes halogenated alkanes) is 3. The van der Waals surface area contributed by atoms with Gasteiger partial charge in [-0.05, 0) is 32.4 Å². The van der Waals surface area contributed by atoms with Crippen LogP contribution in [0.15, 0.2) is 24.3 Å². The number of ketones is 1. The van der Waals surface area contributed by atoms with Gasteiger partial charge in [0.1, 0.15) is 0 Å². The Morgan fingerprint density at radius 3 is 2.62 bits per heavy atom. The molecule has 0 unspecified atom stereocenters. The monoisotopic (exact) mass is 219 g/mol. The highest BCUT2D eigenvalue weighted by molar-refractivity contribution is 5.96. The molecule has 0 spiro atoms. The van der Waals surface area contributed by atoms with Gasteiger partial charge in [0, 0.05) is 12.0 Å². The van der Waals surface area contributed by atoms with Gasteiger partial charge in [-0.2, -0.15) is 0 Å². The molecule has 0 aliphatic heterocycles. The molecule has 0 saturated carbocycles. The highest BCUT2D eigenvalue weighted by Crippen LogP contribution is 2.10. The van der Waals surface area contributed by atoms with Gasteiger partial charge in [0.15, 0.2) is 5.78 Å². The fourth-order valence-corrected chi connectivity index (χ4v) is 1.75. The van der Waals surface area contributed by atoms with Gasteiger partial charge in [-0.1, -0.05) is 36.6 Å². The minimum Gasteiger partial charge on any atom is -0.330 e. The molecule has 0 amide bonds.